The zero-order valence-electron chi connectivity index (χ0n) is 11.0. The second-order valence-electron chi connectivity index (χ2n) is 4.71. The molecule has 110 valence electrons. The van der Waals surface area contributed by atoms with Gasteiger partial charge in [-0.05, 0) is 0 Å². The first-order valence-electron chi connectivity index (χ1n) is 6.40. The van der Waals surface area contributed by atoms with Crippen LogP contribution in [-0.4, -0.2) is 53.1 Å². The molecule has 3 heterocycles. The number of aromatic nitrogens is 2. The van der Waals surface area contributed by atoms with Gasteiger partial charge in [0.15, 0.2) is 6.23 Å². The number of hydrogen-bond acceptors (Lipinski definition) is 6. The number of nitrogens with zero attached hydrogens (tertiary/aromatic N) is 1. The van der Waals surface area contributed by atoms with Gasteiger partial charge in [0.2, 0.25) is 0 Å². The molecule has 0 radical (unpaired) electrons. The Morgan fingerprint density at radius 2 is 2.35 bits per heavy atom. The van der Waals surface area contributed by atoms with Crippen LogP contribution in [0.25, 0.3) is 0 Å². The maximum Gasteiger partial charge on any atom is 0.330 e. The van der Waals surface area contributed by atoms with Gasteiger partial charge in [-0.1, -0.05) is 0 Å². The van der Waals surface area contributed by atoms with Crippen molar-refractivity contribution in [2.24, 2.45) is 0 Å². The van der Waals surface area contributed by atoms with Gasteiger partial charge in [-0.2, -0.15) is 0 Å². The van der Waals surface area contributed by atoms with Gasteiger partial charge >= 0.3 is 5.69 Å². The Balaban J connectivity index is 1.77. The fourth-order valence-electron chi connectivity index (χ4n) is 2.55. The lowest BCUT2D eigenvalue weighted by molar-refractivity contribution is -0.0356. The second kappa shape index (κ2) is 5.72. The molecule has 2 aliphatic rings. The molecule has 0 aromatic carbocycles. The van der Waals surface area contributed by atoms with E-state index < -0.39 is 17.5 Å². The molecule has 8 heteroatoms. The van der Waals surface area contributed by atoms with E-state index in [9.17, 15) is 9.59 Å². The number of thioether (sulfide) groups is 1. The Morgan fingerprint density at radius 1 is 1.50 bits per heavy atom. The van der Waals surface area contributed by atoms with Crippen LogP contribution in [-0.2, 0) is 14.2 Å². The van der Waals surface area contributed by atoms with Crippen molar-refractivity contribution in [3.05, 3.63) is 33.1 Å². The van der Waals surface area contributed by atoms with Gasteiger partial charge in [0.25, 0.3) is 5.56 Å². The summed E-state index contributed by atoms with van der Waals surface area (Å²) in [6.07, 6.45) is 1.01. The summed E-state index contributed by atoms with van der Waals surface area (Å²) in [5.41, 5.74) is -0.860. The summed E-state index contributed by atoms with van der Waals surface area (Å²) in [6, 6.07) is 1.32. The predicted molar refractivity (Wildman–Crippen MR) is 73.1 cm³/mol. The Kier molecular flexibility index (Phi) is 3.97. The smallest absolute Gasteiger partial charge is 0.330 e. The molecule has 0 spiro atoms. The minimum Gasteiger partial charge on any atom is -0.382 e. The Bertz CT molecular complexity index is 586. The lowest BCUT2D eigenvalue weighted by atomic mass is 10.2. The zero-order chi connectivity index (χ0) is 14.1. The monoisotopic (exact) mass is 300 g/mol. The number of H-pyrrole nitrogens is 1. The molecule has 0 amide bonds. The third-order valence-electron chi connectivity index (χ3n) is 3.46. The van der Waals surface area contributed by atoms with Crippen LogP contribution < -0.4 is 11.2 Å². The van der Waals surface area contributed by atoms with Crippen LogP contribution in [0.1, 0.15) is 6.23 Å². The average Bonchev–Trinajstić information content (AvgIpc) is 2.96. The second-order valence-corrected chi connectivity index (χ2v) is 5.92. The number of hydrogen-bond donors (Lipinski definition) is 1. The third kappa shape index (κ3) is 2.44. The number of methoxy groups -OCH3 is 1. The first-order chi connectivity index (χ1) is 9.70. The van der Waals surface area contributed by atoms with Gasteiger partial charge in [0, 0.05) is 25.1 Å². The highest BCUT2D eigenvalue weighted by Gasteiger charge is 2.52. The molecule has 20 heavy (non-hydrogen) atoms. The van der Waals surface area contributed by atoms with E-state index in [1.807, 2.05) is 0 Å². The largest absolute Gasteiger partial charge is 0.382 e. The van der Waals surface area contributed by atoms with Crippen LogP contribution in [0.3, 0.4) is 0 Å². The molecule has 0 unspecified atom stereocenters. The summed E-state index contributed by atoms with van der Waals surface area (Å²) in [5.74, 6) is 0.858. The molecule has 2 fully saturated rings. The van der Waals surface area contributed by atoms with Crippen molar-refractivity contribution in [2.75, 3.05) is 26.1 Å². The van der Waals surface area contributed by atoms with Crippen LogP contribution in [0, 0.1) is 0 Å². The van der Waals surface area contributed by atoms with Crippen LogP contribution in [0.4, 0.5) is 0 Å². The van der Waals surface area contributed by atoms with E-state index in [0.29, 0.717) is 13.2 Å². The number of ether oxygens (including phenoxy) is 3. The molecule has 3 rings (SSSR count). The quantitative estimate of drug-likeness (QED) is 0.744. The molecule has 2 bridgehead atoms. The molecule has 1 N–H and O–H groups in total. The minimum absolute atomic E-state index is 0.0225. The van der Waals surface area contributed by atoms with Gasteiger partial charge < -0.3 is 14.2 Å². The van der Waals surface area contributed by atoms with Crippen molar-refractivity contribution in [2.45, 2.75) is 23.7 Å². The van der Waals surface area contributed by atoms with E-state index in [-0.39, 0.29) is 17.5 Å². The van der Waals surface area contributed by atoms with Crippen molar-refractivity contribution in [1.82, 2.24) is 9.55 Å². The standard InChI is InChI=1S/C12H16N2O5S/c1-17-4-5-18-9-7-6-20-10(9)11(19-7)14-3-2-8(15)13-12(14)16/h2-3,7,9-11H,4-6H2,1H3,(H,13,15,16)/t7-,9+,10+,11-/m0/s1. The first kappa shape index (κ1) is 13.9. The first-order valence-corrected chi connectivity index (χ1v) is 7.44. The van der Waals surface area contributed by atoms with Crippen molar-refractivity contribution in [3.63, 3.8) is 0 Å². The van der Waals surface area contributed by atoms with E-state index >= 15 is 0 Å². The van der Waals surface area contributed by atoms with E-state index in [0.717, 1.165) is 5.75 Å². The molecule has 0 aliphatic carbocycles. The Morgan fingerprint density at radius 3 is 3.10 bits per heavy atom. The van der Waals surface area contributed by atoms with Crippen molar-refractivity contribution >= 4 is 11.8 Å². The summed E-state index contributed by atoms with van der Waals surface area (Å²) in [6.45, 7) is 1.04. The highest BCUT2D eigenvalue weighted by atomic mass is 32.2. The van der Waals surface area contributed by atoms with Crippen LogP contribution >= 0.6 is 11.8 Å². The highest BCUT2D eigenvalue weighted by molar-refractivity contribution is 8.00. The highest BCUT2D eigenvalue weighted by Crippen LogP contribution is 2.46. The van der Waals surface area contributed by atoms with Gasteiger partial charge in [-0.3, -0.25) is 14.3 Å². The number of aromatic amines is 1. The molecule has 1 aromatic heterocycles. The SMILES string of the molecule is COCCO[C@H]1[C@H]2SC[C@@H]1O[C@@H]2n1ccc(=O)[nH]c1=O. The number of rotatable bonds is 5. The molecule has 2 aliphatic heterocycles. The van der Waals surface area contributed by atoms with Crippen molar-refractivity contribution in [3.8, 4) is 0 Å². The summed E-state index contributed by atoms with van der Waals surface area (Å²) in [7, 11) is 1.63. The van der Waals surface area contributed by atoms with Crippen molar-refractivity contribution < 1.29 is 14.2 Å². The van der Waals surface area contributed by atoms with Crippen LogP contribution in [0.5, 0.6) is 0 Å². The fraction of sp³-hybridized carbons (Fsp3) is 0.667. The van der Waals surface area contributed by atoms with Gasteiger partial charge in [0.1, 0.15) is 6.10 Å². The minimum atomic E-state index is -0.453. The fourth-order valence-corrected chi connectivity index (χ4v) is 4.03. The molecule has 2 saturated heterocycles. The maximum atomic E-state index is 11.8. The van der Waals surface area contributed by atoms with E-state index in [1.54, 1.807) is 18.9 Å². The summed E-state index contributed by atoms with van der Waals surface area (Å²) >= 11 is 1.73. The zero-order valence-corrected chi connectivity index (χ0v) is 11.8. The molecule has 0 saturated carbocycles. The topological polar surface area (TPSA) is 82.6 Å². The van der Waals surface area contributed by atoms with Crippen molar-refractivity contribution in [1.29, 1.82) is 0 Å². The van der Waals surface area contributed by atoms with E-state index in [1.165, 1.54) is 16.8 Å². The summed E-state index contributed by atoms with van der Waals surface area (Å²) in [5, 5.41) is 0.0560. The molecule has 7 nitrogen and oxygen atoms in total. The Labute approximate surface area is 119 Å². The molecular weight excluding hydrogens is 284 g/mol. The lowest BCUT2D eigenvalue weighted by Crippen LogP contribution is -2.36. The molecule has 4 atom stereocenters. The number of nitrogens with one attached hydrogen (secondary N) is 1. The number of fused-ring (bicyclic) bond motifs is 2. The van der Waals surface area contributed by atoms with Gasteiger partial charge in [-0.25, -0.2) is 4.79 Å². The average molecular weight is 300 g/mol. The maximum absolute atomic E-state index is 11.8. The summed E-state index contributed by atoms with van der Waals surface area (Å²) in [4.78, 5) is 25.2. The van der Waals surface area contributed by atoms with Crippen LogP contribution in [0.15, 0.2) is 21.9 Å². The van der Waals surface area contributed by atoms with Crippen LogP contribution in [0.2, 0.25) is 0 Å². The normalized spacial score (nSPS) is 31.9. The van der Waals surface area contributed by atoms with E-state index in [4.69, 9.17) is 14.2 Å². The molecule has 1 aromatic rings. The third-order valence-corrected chi connectivity index (χ3v) is 4.87. The summed E-state index contributed by atoms with van der Waals surface area (Å²) < 4.78 is 18.0. The Hall–Kier alpha value is -1.09. The predicted octanol–water partition coefficient (Wildman–Crippen LogP) is -0.419. The van der Waals surface area contributed by atoms with E-state index in [2.05, 4.69) is 4.98 Å². The van der Waals surface area contributed by atoms with Gasteiger partial charge in [-0.15, -0.1) is 11.8 Å². The lowest BCUT2D eigenvalue weighted by Gasteiger charge is -2.22. The molecular formula is C12H16N2O5S. The van der Waals surface area contributed by atoms with Gasteiger partial charge in [0.05, 0.1) is 24.6 Å².